The molecule has 1 rings (SSSR count). The minimum Gasteiger partial charge on any atom is -0.466 e. The quantitative estimate of drug-likeness (QED) is 0.436. The van der Waals surface area contributed by atoms with Crippen LogP contribution in [0.4, 0.5) is 5.69 Å². The van der Waals surface area contributed by atoms with Crippen LogP contribution in [0, 0.1) is 10.1 Å². The summed E-state index contributed by atoms with van der Waals surface area (Å²) in [6.45, 7) is 1.63. The number of carbonyl (C=O) groups excluding carboxylic acids is 1. The Kier molecular flexibility index (Phi) is 6.24. The molecule has 0 aliphatic rings. The Bertz CT molecular complexity index is 646. The van der Waals surface area contributed by atoms with E-state index in [9.17, 15) is 23.3 Å². The highest BCUT2D eigenvalue weighted by Crippen LogP contribution is 2.26. The number of hydrogen-bond donors (Lipinski definition) is 1. The van der Waals surface area contributed by atoms with Crippen LogP contribution < -0.4 is 4.72 Å². The first-order valence-corrected chi connectivity index (χ1v) is 8.14. The fourth-order valence-electron chi connectivity index (χ4n) is 1.45. The molecule has 0 saturated carbocycles. The maximum absolute atomic E-state index is 12.1. The summed E-state index contributed by atoms with van der Waals surface area (Å²) in [4.78, 5) is 20.7. The van der Waals surface area contributed by atoms with E-state index in [4.69, 9.17) is 0 Å². The van der Waals surface area contributed by atoms with Crippen LogP contribution in [0.15, 0.2) is 27.6 Å². The number of sulfonamides is 1. The number of ether oxygens (including phenoxy) is 1. The molecule has 8 nitrogen and oxygen atoms in total. The van der Waals surface area contributed by atoms with Crippen LogP contribution in [0.3, 0.4) is 0 Å². The molecular formula is C11H13BrN2O6S. The number of benzene rings is 1. The van der Waals surface area contributed by atoms with E-state index in [-0.39, 0.29) is 19.6 Å². The summed E-state index contributed by atoms with van der Waals surface area (Å²) >= 11 is 3.06. The fourth-order valence-corrected chi connectivity index (χ4v) is 3.19. The standard InChI is InChI=1S/C11H13BrN2O6S/c1-2-20-11(15)5-6-13-21(18,19)10-7-8(12)3-4-9(10)14(16)17/h3-4,7,13H,2,5-6H2,1H3. The van der Waals surface area contributed by atoms with E-state index < -0.39 is 31.5 Å². The van der Waals surface area contributed by atoms with Crippen molar-refractivity contribution in [3.8, 4) is 0 Å². The zero-order valence-corrected chi connectivity index (χ0v) is 13.4. The van der Waals surface area contributed by atoms with Crippen LogP contribution in [-0.2, 0) is 19.6 Å². The van der Waals surface area contributed by atoms with Crippen molar-refractivity contribution in [2.75, 3.05) is 13.2 Å². The summed E-state index contributed by atoms with van der Waals surface area (Å²) < 4.78 is 31.3. The smallest absolute Gasteiger partial charge is 0.307 e. The van der Waals surface area contributed by atoms with Crippen molar-refractivity contribution in [1.29, 1.82) is 0 Å². The highest BCUT2D eigenvalue weighted by molar-refractivity contribution is 9.10. The average Bonchev–Trinajstić information content (AvgIpc) is 2.38. The van der Waals surface area contributed by atoms with Gasteiger partial charge in [0.05, 0.1) is 18.0 Å². The lowest BCUT2D eigenvalue weighted by Crippen LogP contribution is -2.27. The number of nitro groups is 1. The Morgan fingerprint density at radius 3 is 2.71 bits per heavy atom. The Labute approximate surface area is 129 Å². The number of rotatable bonds is 7. The number of nitrogens with zero attached hydrogens (tertiary/aromatic N) is 1. The number of nitro benzene ring substituents is 1. The maximum atomic E-state index is 12.1. The van der Waals surface area contributed by atoms with E-state index in [1.807, 2.05) is 0 Å². The molecule has 1 aromatic carbocycles. The number of carbonyl (C=O) groups is 1. The van der Waals surface area contributed by atoms with E-state index in [1.165, 1.54) is 6.07 Å². The topological polar surface area (TPSA) is 116 Å². The molecule has 116 valence electrons. The van der Waals surface area contributed by atoms with E-state index in [0.717, 1.165) is 12.1 Å². The lowest BCUT2D eigenvalue weighted by molar-refractivity contribution is -0.387. The Morgan fingerprint density at radius 2 is 2.14 bits per heavy atom. The molecular weight excluding hydrogens is 368 g/mol. The van der Waals surface area contributed by atoms with Gasteiger partial charge in [0.1, 0.15) is 0 Å². The van der Waals surface area contributed by atoms with Gasteiger partial charge in [-0.25, -0.2) is 13.1 Å². The van der Waals surface area contributed by atoms with Gasteiger partial charge in [-0.05, 0) is 19.1 Å². The minimum absolute atomic E-state index is 0.158. The van der Waals surface area contributed by atoms with Crippen molar-refractivity contribution in [3.63, 3.8) is 0 Å². The maximum Gasteiger partial charge on any atom is 0.307 e. The van der Waals surface area contributed by atoms with Crippen molar-refractivity contribution in [2.24, 2.45) is 0 Å². The molecule has 0 atom stereocenters. The van der Waals surface area contributed by atoms with E-state index in [0.29, 0.717) is 4.47 Å². The first kappa shape index (κ1) is 17.5. The summed E-state index contributed by atoms with van der Waals surface area (Å²) in [5.41, 5.74) is -0.540. The second kappa shape index (κ2) is 7.48. The zero-order chi connectivity index (χ0) is 16.0. The molecule has 0 fully saturated rings. The van der Waals surface area contributed by atoms with Crippen molar-refractivity contribution in [1.82, 2.24) is 4.72 Å². The highest BCUT2D eigenvalue weighted by Gasteiger charge is 2.25. The lowest BCUT2D eigenvalue weighted by atomic mass is 10.3. The van der Waals surface area contributed by atoms with Gasteiger partial charge in [0, 0.05) is 17.1 Å². The molecule has 0 spiro atoms. The highest BCUT2D eigenvalue weighted by atomic mass is 79.9. The predicted octanol–water partition coefficient (Wildman–Crippen LogP) is 1.59. The van der Waals surface area contributed by atoms with Crippen molar-refractivity contribution >= 4 is 37.6 Å². The fraction of sp³-hybridized carbons (Fsp3) is 0.364. The SMILES string of the molecule is CCOC(=O)CCNS(=O)(=O)c1cc(Br)ccc1[N+](=O)[O-]. The third-order valence-corrected chi connectivity index (χ3v) is 4.32. The van der Waals surface area contributed by atoms with Crippen LogP contribution in [0.5, 0.6) is 0 Å². The van der Waals surface area contributed by atoms with Crippen LogP contribution >= 0.6 is 15.9 Å². The average molecular weight is 381 g/mol. The molecule has 0 heterocycles. The van der Waals surface area contributed by atoms with Gasteiger partial charge in [-0.15, -0.1) is 0 Å². The number of esters is 1. The molecule has 0 bridgehead atoms. The van der Waals surface area contributed by atoms with Gasteiger partial charge in [-0.2, -0.15) is 0 Å². The van der Waals surface area contributed by atoms with Crippen LogP contribution in [0.1, 0.15) is 13.3 Å². The predicted molar refractivity (Wildman–Crippen MR) is 77.2 cm³/mol. The van der Waals surface area contributed by atoms with Gasteiger partial charge < -0.3 is 4.74 Å². The molecule has 10 heteroatoms. The van der Waals surface area contributed by atoms with E-state index in [2.05, 4.69) is 25.4 Å². The normalized spacial score (nSPS) is 11.1. The molecule has 0 radical (unpaired) electrons. The molecule has 0 aromatic heterocycles. The van der Waals surface area contributed by atoms with Crippen molar-refractivity contribution in [3.05, 3.63) is 32.8 Å². The van der Waals surface area contributed by atoms with Gasteiger partial charge >= 0.3 is 5.97 Å². The second-order valence-corrected chi connectivity index (χ2v) is 6.47. The molecule has 1 N–H and O–H groups in total. The van der Waals surface area contributed by atoms with Gasteiger partial charge in [0.25, 0.3) is 5.69 Å². The molecule has 0 saturated heterocycles. The van der Waals surface area contributed by atoms with Gasteiger partial charge in [-0.1, -0.05) is 15.9 Å². The van der Waals surface area contributed by atoms with Crippen molar-refractivity contribution < 1.29 is 22.9 Å². The summed E-state index contributed by atoms with van der Waals surface area (Å²) in [5, 5.41) is 10.9. The van der Waals surface area contributed by atoms with Gasteiger partial charge in [0.2, 0.25) is 10.0 Å². The number of halogens is 1. The molecule has 0 unspecified atom stereocenters. The first-order valence-electron chi connectivity index (χ1n) is 5.87. The first-order chi connectivity index (χ1) is 9.77. The lowest BCUT2D eigenvalue weighted by Gasteiger charge is -2.07. The van der Waals surface area contributed by atoms with Crippen LogP contribution in [0.2, 0.25) is 0 Å². The zero-order valence-electron chi connectivity index (χ0n) is 11.0. The third-order valence-electron chi connectivity index (χ3n) is 2.33. The number of hydrogen-bond acceptors (Lipinski definition) is 6. The number of nitrogens with one attached hydrogen (secondary N) is 1. The van der Waals surface area contributed by atoms with Crippen LogP contribution in [0.25, 0.3) is 0 Å². The minimum atomic E-state index is -4.10. The summed E-state index contributed by atoms with van der Waals surface area (Å²) in [5.74, 6) is -0.552. The Hall–Kier alpha value is -1.52. The molecule has 1 aromatic rings. The monoisotopic (exact) mass is 380 g/mol. The molecule has 0 aliphatic carbocycles. The van der Waals surface area contributed by atoms with E-state index >= 15 is 0 Å². The molecule has 0 aliphatic heterocycles. The Balaban J connectivity index is 2.90. The summed E-state index contributed by atoms with van der Waals surface area (Å²) in [7, 11) is -4.10. The van der Waals surface area contributed by atoms with Gasteiger partial charge in [0.15, 0.2) is 4.90 Å². The largest absolute Gasteiger partial charge is 0.466 e. The van der Waals surface area contributed by atoms with Crippen molar-refractivity contribution in [2.45, 2.75) is 18.2 Å². The van der Waals surface area contributed by atoms with E-state index in [1.54, 1.807) is 6.92 Å². The summed E-state index contributed by atoms with van der Waals surface area (Å²) in [6, 6.07) is 3.59. The second-order valence-electron chi connectivity index (χ2n) is 3.82. The molecule has 21 heavy (non-hydrogen) atoms. The summed E-state index contributed by atoms with van der Waals surface area (Å²) in [6.07, 6.45) is -0.158. The van der Waals surface area contributed by atoms with Gasteiger partial charge in [-0.3, -0.25) is 14.9 Å². The Morgan fingerprint density at radius 1 is 1.48 bits per heavy atom. The van der Waals surface area contributed by atoms with Crippen LogP contribution in [-0.4, -0.2) is 32.5 Å². The third kappa shape index (κ3) is 5.06. The molecule has 0 amide bonds.